The summed E-state index contributed by atoms with van der Waals surface area (Å²) < 4.78 is 38.2. The molecule has 6 nitrogen and oxygen atoms in total. The van der Waals surface area contributed by atoms with Gasteiger partial charge in [-0.15, -0.1) is 0 Å². The Morgan fingerprint density at radius 1 is 1.16 bits per heavy atom. The topological polar surface area (TPSA) is 80.1 Å². The van der Waals surface area contributed by atoms with E-state index in [1.165, 1.54) is 6.07 Å². The third kappa shape index (κ3) is 3.93. The Kier molecular flexibility index (Phi) is 4.77. The van der Waals surface area contributed by atoms with E-state index in [1.807, 2.05) is 29.2 Å². The normalized spacial score (nSPS) is 23.2. The molecule has 4 heterocycles. The van der Waals surface area contributed by atoms with E-state index in [2.05, 4.69) is 20.6 Å². The minimum atomic E-state index is -4.39. The van der Waals surface area contributed by atoms with Crippen LogP contribution in [0.3, 0.4) is 0 Å². The number of halogens is 3. The molecular weight excluding hydrogens is 407 g/mol. The SMILES string of the molecule is O=C(Nc1cccc2cnccc12)C1NC1[C@@H]1CCN(c2ccc(C(F)(F)F)cn2)C1. The van der Waals surface area contributed by atoms with Crippen molar-refractivity contribution in [2.45, 2.75) is 24.7 Å². The average molecular weight is 427 g/mol. The molecule has 0 bridgehead atoms. The van der Waals surface area contributed by atoms with Crippen molar-refractivity contribution < 1.29 is 18.0 Å². The predicted octanol–water partition coefficient (Wildman–Crippen LogP) is 3.45. The second-order valence-corrected chi connectivity index (χ2v) is 7.96. The molecule has 1 amide bonds. The summed E-state index contributed by atoms with van der Waals surface area (Å²) in [6, 6.07) is 9.80. The molecule has 2 unspecified atom stereocenters. The number of carbonyl (C=O) groups is 1. The Morgan fingerprint density at radius 2 is 2.03 bits per heavy atom. The highest BCUT2D eigenvalue weighted by molar-refractivity contribution is 6.04. The molecule has 3 atom stereocenters. The first-order chi connectivity index (χ1) is 14.9. The van der Waals surface area contributed by atoms with Gasteiger partial charge in [0.2, 0.25) is 5.91 Å². The number of fused-ring (bicyclic) bond motifs is 1. The Morgan fingerprint density at radius 3 is 2.81 bits per heavy atom. The fourth-order valence-electron chi connectivity index (χ4n) is 4.27. The molecule has 0 spiro atoms. The number of amides is 1. The number of carbonyl (C=O) groups excluding carboxylic acids is 1. The van der Waals surface area contributed by atoms with Crippen LogP contribution in [0.15, 0.2) is 55.0 Å². The van der Waals surface area contributed by atoms with Crippen molar-refractivity contribution in [1.82, 2.24) is 15.3 Å². The highest BCUT2D eigenvalue weighted by Gasteiger charge is 2.49. The largest absolute Gasteiger partial charge is 0.417 e. The van der Waals surface area contributed by atoms with Crippen LogP contribution in [0, 0.1) is 5.92 Å². The smallest absolute Gasteiger partial charge is 0.356 e. The number of rotatable bonds is 4. The third-order valence-corrected chi connectivity index (χ3v) is 5.97. The van der Waals surface area contributed by atoms with Gasteiger partial charge in [0.15, 0.2) is 0 Å². The van der Waals surface area contributed by atoms with Gasteiger partial charge in [-0.2, -0.15) is 13.2 Å². The molecule has 1 aromatic carbocycles. The molecule has 2 aliphatic heterocycles. The van der Waals surface area contributed by atoms with E-state index in [0.29, 0.717) is 18.9 Å². The van der Waals surface area contributed by atoms with Gasteiger partial charge in [0.25, 0.3) is 0 Å². The Bertz CT molecular complexity index is 1110. The molecule has 160 valence electrons. The number of pyridine rings is 2. The molecule has 3 aromatic rings. The van der Waals surface area contributed by atoms with Crippen molar-refractivity contribution >= 4 is 28.2 Å². The molecule has 0 saturated carbocycles. The maximum atomic E-state index is 12.7. The quantitative estimate of drug-likeness (QED) is 0.624. The maximum absolute atomic E-state index is 12.7. The summed E-state index contributed by atoms with van der Waals surface area (Å²) in [7, 11) is 0. The summed E-state index contributed by atoms with van der Waals surface area (Å²) in [5, 5.41) is 8.15. The van der Waals surface area contributed by atoms with Gasteiger partial charge < -0.3 is 10.2 Å². The van der Waals surface area contributed by atoms with Gasteiger partial charge in [-0.05, 0) is 36.6 Å². The van der Waals surface area contributed by atoms with Gasteiger partial charge >= 0.3 is 6.18 Å². The maximum Gasteiger partial charge on any atom is 0.417 e. The van der Waals surface area contributed by atoms with Gasteiger partial charge in [0, 0.05) is 54.2 Å². The Balaban J connectivity index is 1.20. The number of hydrogen-bond acceptors (Lipinski definition) is 5. The highest BCUT2D eigenvalue weighted by Crippen LogP contribution is 2.34. The average Bonchev–Trinajstić information content (AvgIpc) is 3.42. The number of nitrogens with zero attached hydrogens (tertiary/aromatic N) is 3. The molecule has 0 aliphatic carbocycles. The molecule has 0 radical (unpaired) electrons. The molecular formula is C22H20F3N5O. The van der Waals surface area contributed by atoms with E-state index in [1.54, 1.807) is 12.4 Å². The molecule has 31 heavy (non-hydrogen) atoms. The van der Waals surface area contributed by atoms with Gasteiger partial charge in [0.05, 0.1) is 5.56 Å². The predicted molar refractivity (Wildman–Crippen MR) is 111 cm³/mol. The standard InChI is InChI=1S/C22H20F3N5O/c23-22(24,25)15-4-5-18(27-11-15)30-9-7-14(12-30)19-20(29-19)21(31)28-17-3-1-2-13-10-26-8-6-16(13)17/h1-6,8,10-11,14,19-20,29H,7,9,12H2,(H,28,31)/t14-,19?,20?/m1/s1. The van der Waals surface area contributed by atoms with Gasteiger partial charge in [-0.3, -0.25) is 15.1 Å². The second-order valence-electron chi connectivity index (χ2n) is 7.96. The monoisotopic (exact) mass is 427 g/mol. The fraction of sp³-hybridized carbons (Fsp3) is 0.318. The minimum Gasteiger partial charge on any atom is -0.356 e. The molecule has 2 N–H and O–H groups in total. The van der Waals surface area contributed by atoms with Gasteiger partial charge in [0.1, 0.15) is 11.9 Å². The lowest BCUT2D eigenvalue weighted by Crippen LogP contribution is -2.26. The van der Waals surface area contributed by atoms with Crippen LogP contribution in [0.1, 0.15) is 12.0 Å². The van der Waals surface area contributed by atoms with Gasteiger partial charge in [-0.1, -0.05) is 12.1 Å². The number of benzene rings is 1. The fourth-order valence-corrected chi connectivity index (χ4v) is 4.27. The molecule has 9 heteroatoms. The van der Waals surface area contributed by atoms with E-state index in [0.717, 1.165) is 35.1 Å². The molecule has 5 rings (SSSR count). The highest BCUT2D eigenvalue weighted by atomic mass is 19.4. The summed E-state index contributed by atoms with van der Waals surface area (Å²) >= 11 is 0. The van der Waals surface area contributed by atoms with E-state index < -0.39 is 11.7 Å². The lowest BCUT2D eigenvalue weighted by molar-refractivity contribution is -0.137. The first kappa shape index (κ1) is 19.7. The molecule has 2 aromatic heterocycles. The van der Waals surface area contributed by atoms with Crippen molar-refractivity contribution in [3.05, 3.63) is 60.6 Å². The Hall–Kier alpha value is -3.20. The zero-order valence-electron chi connectivity index (χ0n) is 16.4. The second kappa shape index (κ2) is 7.49. The number of aromatic nitrogens is 2. The minimum absolute atomic E-state index is 0.0519. The lowest BCUT2D eigenvalue weighted by Gasteiger charge is -2.18. The third-order valence-electron chi connectivity index (χ3n) is 5.97. The van der Waals surface area contributed by atoms with Gasteiger partial charge in [-0.25, -0.2) is 4.98 Å². The summed E-state index contributed by atoms with van der Waals surface area (Å²) in [5.41, 5.74) is -0.00355. The van der Waals surface area contributed by atoms with Crippen LogP contribution in [0.5, 0.6) is 0 Å². The van der Waals surface area contributed by atoms with Crippen molar-refractivity contribution in [1.29, 1.82) is 0 Å². The number of alkyl halides is 3. The van der Waals surface area contributed by atoms with Crippen molar-refractivity contribution in [2.75, 3.05) is 23.3 Å². The van der Waals surface area contributed by atoms with Crippen LogP contribution in [0.2, 0.25) is 0 Å². The number of nitrogens with one attached hydrogen (secondary N) is 2. The molecule has 2 aliphatic rings. The summed E-state index contributed by atoms with van der Waals surface area (Å²) in [6.45, 7) is 1.35. The van der Waals surface area contributed by atoms with Crippen LogP contribution >= 0.6 is 0 Å². The van der Waals surface area contributed by atoms with Crippen LogP contribution < -0.4 is 15.5 Å². The van der Waals surface area contributed by atoms with Crippen LogP contribution in [-0.4, -0.2) is 41.0 Å². The van der Waals surface area contributed by atoms with E-state index in [9.17, 15) is 18.0 Å². The van der Waals surface area contributed by atoms with Crippen molar-refractivity contribution in [3.63, 3.8) is 0 Å². The van der Waals surface area contributed by atoms with E-state index in [-0.39, 0.29) is 23.9 Å². The summed E-state index contributed by atoms with van der Waals surface area (Å²) in [5.74, 6) is 0.679. The number of hydrogen-bond donors (Lipinski definition) is 2. The number of anilines is 2. The lowest BCUT2D eigenvalue weighted by atomic mass is 10.0. The molecule has 2 saturated heterocycles. The Labute approximate surface area is 176 Å². The first-order valence-corrected chi connectivity index (χ1v) is 10.1. The zero-order chi connectivity index (χ0) is 21.6. The van der Waals surface area contributed by atoms with Crippen molar-refractivity contribution in [2.24, 2.45) is 5.92 Å². The van der Waals surface area contributed by atoms with Crippen LogP contribution in [0.25, 0.3) is 10.8 Å². The molecule has 2 fully saturated rings. The zero-order valence-corrected chi connectivity index (χ0v) is 16.4. The van der Waals surface area contributed by atoms with E-state index in [4.69, 9.17) is 0 Å². The summed E-state index contributed by atoms with van der Waals surface area (Å²) in [4.78, 5) is 22.8. The van der Waals surface area contributed by atoms with Crippen molar-refractivity contribution in [3.8, 4) is 0 Å². The summed E-state index contributed by atoms with van der Waals surface area (Å²) in [6.07, 6.45) is 0.778. The first-order valence-electron chi connectivity index (χ1n) is 10.1. The van der Waals surface area contributed by atoms with Crippen LogP contribution in [-0.2, 0) is 11.0 Å². The van der Waals surface area contributed by atoms with E-state index >= 15 is 0 Å². The van der Waals surface area contributed by atoms with Crippen LogP contribution in [0.4, 0.5) is 24.7 Å².